The Morgan fingerprint density at radius 3 is 3.00 bits per heavy atom. The maximum atomic E-state index is 5.79. The van der Waals surface area contributed by atoms with E-state index in [0.29, 0.717) is 11.7 Å². The number of nitrogens with zero attached hydrogens (tertiary/aromatic N) is 1. The summed E-state index contributed by atoms with van der Waals surface area (Å²) < 4.78 is 6.26. The Bertz CT molecular complexity index is 353. The average Bonchev–Trinajstić information content (AvgIpc) is 2.32. The van der Waals surface area contributed by atoms with Crippen LogP contribution in [0.1, 0.15) is 12.8 Å². The van der Waals surface area contributed by atoms with Gasteiger partial charge in [-0.25, -0.2) is 4.98 Å². The summed E-state index contributed by atoms with van der Waals surface area (Å²) in [5, 5.41) is 3.35. The van der Waals surface area contributed by atoms with E-state index in [1.165, 1.54) is 0 Å². The van der Waals surface area contributed by atoms with Crippen molar-refractivity contribution in [3.63, 3.8) is 0 Å². The number of aromatic nitrogens is 1. The van der Waals surface area contributed by atoms with Crippen LogP contribution in [0, 0.1) is 5.92 Å². The minimum atomic E-state index is 0.551. The number of nitrogens with one attached hydrogen (secondary N) is 1. The van der Waals surface area contributed by atoms with Crippen LogP contribution in [-0.4, -0.2) is 24.7 Å². The molecule has 2 rings (SSSR count). The van der Waals surface area contributed by atoms with E-state index in [9.17, 15) is 0 Å². The Morgan fingerprint density at radius 2 is 2.25 bits per heavy atom. The smallest absolute Gasteiger partial charge is 0.146 e. The third-order valence-electron chi connectivity index (χ3n) is 2.81. The number of nitrogen functional groups attached to an aromatic ring is 1. The van der Waals surface area contributed by atoms with Crippen LogP contribution in [-0.2, 0) is 4.74 Å². The van der Waals surface area contributed by atoms with Crippen LogP contribution >= 0.6 is 15.9 Å². The van der Waals surface area contributed by atoms with Crippen molar-refractivity contribution in [2.75, 3.05) is 30.8 Å². The van der Waals surface area contributed by atoms with Gasteiger partial charge < -0.3 is 15.8 Å². The van der Waals surface area contributed by atoms with Crippen LogP contribution < -0.4 is 11.1 Å². The summed E-state index contributed by atoms with van der Waals surface area (Å²) in [5.74, 6) is 1.22. The maximum absolute atomic E-state index is 5.79. The maximum Gasteiger partial charge on any atom is 0.146 e. The van der Waals surface area contributed by atoms with Gasteiger partial charge in [-0.05, 0) is 40.8 Å². The third kappa shape index (κ3) is 3.09. The number of hydrogen-bond acceptors (Lipinski definition) is 4. The molecule has 1 fully saturated rings. The minimum absolute atomic E-state index is 0.551. The van der Waals surface area contributed by atoms with E-state index < -0.39 is 0 Å². The highest BCUT2D eigenvalue weighted by Crippen LogP contribution is 2.22. The molecule has 4 nitrogen and oxygen atoms in total. The lowest BCUT2D eigenvalue weighted by molar-refractivity contribution is 0.0699. The zero-order chi connectivity index (χ0) is 11.4. The van der Waals surface area contributed by atoms with Crippen LogP contribution in [0.15, 0.2) is 16.7 Å². The Labute approximate surface area is 104 Å². The summed E-state index contributed by atoms with van der Waals surface area (Å²) in [6, 6.07) is 1.96. The van der Waals surface area contributed by atoms with Gasteiger partial charge in [-0.15, -0.1) is 0 Å². The highest BCUT2D eigenvalue weighted by atomic mass is 79.9. The van der Waals surface area contributed by atoms with Crippen molar-refractivity contribution in [2.24, 2.45) is 5.92 Å². The first-order chi connectivity index (χ1) is 7.75. The zero-order valence-electron chi connectivity index (χ0n) is 9.08. The van der Waals surface area contributed by atoms with E-state index in [1.807, 2.05) is 6.07 Å². The van der Waals surface area contributed by atoms with Gasteiger partial charge in [0.2, 0.25) is 0 Å². The molecule has 1 saturated heterocycles. The fraction of sp³-hybridized carbons (Fsp3) is 0.545. The number of ether oxygens (including phenoxy) is 1. The van der Waals surface area contributed by atoms with Crippen LogP contribution in [0.25, 0.3) is 0 Å². The number of rotatable bonds is 3. The van der Waals surface area contributed by atoms with Crippen LogP contribution in [0.5, 0.6) is 0 Å². The lowest BCUT2D eigenvalue weighted by Gasteiger charge is -2.22. The molecular formula is C11H16BrN3O. The predicted octanol–water partition coefficient (Wildman–Crippen LogP) is 2.26. The number of pyridine rings is 1. The summed E-state index contributed by atoms with van der Waals surface area (Å²) in [5.41, 5.74) is 6.69. The molecule has 0 saturated carbocycles. The number of halogens is 1. The summed E-state index contributed by atoms with van der Waals surface area (Å²) in [7, 11) is 0. The monoisotopic (exact) mass is 285 g/mol. The van der Waals surface area contributed by atoms with E-state index in [2.05, 4.69) is 26.2 Å². The van der Waals surface area contributed by atoms with Gasteiger partial charge in [-0.1, -0.05) is 0 Å². The molecule has 0 aliphatic carbocycles. The Morgan fingerprint density at radius 1 is 1.50 bits per heavy atom. The summed E-state index contributed by atoms with van der Waals surface area (Å²) in [4.78, 5) is 4.09. The molecule has 0 aromatic carbocycles. The molecule has 1 aromatic rings. The quantitative estimate of drug-likeness (QED) is 0.894. The minimum Gasteiger partial charge on any atom is -0.382 e. The largest absolute Gasteiger partial charge is 0.382 e. The zero-order valence-corrected chi connectivity index (χ0v) is 10.7. The molecule has 1 aliphatic rings. The highest BCUT2D eigenvalue weighted by Gasteiger charge is 2.13. The van der Waals surface area contributed by atoms with Gasteiger partial charge in [0, 0.05) is 30.4 Å². The second-order valence-corrected chi connectivity index (χ2v) is 4.94. The van der Waals surface area contributed by atoms with Gasteiger partial charge >= 0.3 is 0 Å². The van der Waals surface area contributed by atoms with Crippen molar-refractivity contribution in [3.05, 3.63) is 16.7 Å². The van der Waals surface area contributed by atoms with Crippen molar-refractivity contribution >= 4 is 27.4 Å². The molecular weight excluding hydrogens is 270 g/mol. The van der Waals surface area contributed by atoms with Crippen molar-refractivity contribution in [1.82, 2.24) is 4.98 Å². The number of anilines is 2. The third-order valence-corrected chi connectivity index (χ3v) is 3.24. The molecule has 3 N–H and O–H groups in total. The molecule has 0 spiro atoms. The molecule has 5 heteroatoms. The van der Waals surface area contributed by atoms with Gasteiger partial charge in [-0.2, -0.15) is 0 Å². The summed E-state index contributed by atoms with van der Waals surface area (Å²) in [6.45, 7) is 2.68. The Hall–Kier alpha value is -0.810. The van der Waals surface area contributed by atoms with E-state index in [4.69, 9.17) is 10.5 Å². The first-order valence-corrected chi connectivity index (χ1v) is 6.27. The second kappa shape index (κ2) is 5.50. The fourth-order valence-electron chi connectivity index (χ4n) is 1.80. The van der Waals surface area contributed by atoms with Gasteiger partial charge in [0.05, 0.1) is 5.69 Å². The summed E-state index contributed by atoms with van der Waals surface area (Å²) in [6.07, 6.45) is 3.94. The molecule has 0 bridgehead atoms. The molecule has 0 amide bonds. The Kier molecular flexibility index (Phi) is 4.01. The molecule has 1 aromatic heterocycles. The van der Waals surface area contributed by atoms with Crippen LogP contribution in [0.3, 0.4) is 0 Å². The topological polar surface area (TPSA) is 60.2 Å². The van der Waals surface area contributed by atoms with Crippen LogP contribution in [0.4, 0.5) is 11.5 Å². The molecule has 0 unspecified atom stereocenters. The van der Waals surface area contributed by atoms with Crippen molar-refractivity contribution in [2.45, 2.75) is 12.8 Å². The molecule has 16 heavy (non-hydrogen) atoms. The first kappa shape index (κ1) is 11.7. The standard InChI is InChI=1S/C11H16BrN3O/c12-9-5-10(11(13)15-7-9)14-6-8-1-3-16-4-2-8/h5,7-8,14H,1-4,6H2,(H2,13,15). The highest BCUT2D eigenvalue weighted by molar-refractivity contribution is 9.10. The van der Waals surface area contributed by atoms with Gasteiger partial charge in [0.15, 0.2) is 0 Å². The number of hydrogen-bond donors (Lipinski definition) is 2. The Balaban J connectivity index is 1.90. The summed E-state index contributed by atoms with van der Waals surface area (Å²) >= 11 is 3.38. The lowest BCUT2D eigenvalue weighted by atomic mass is 10.0. The molecule has 1 aliphatic heterocycles. The van der Waals surface area contributed by atoms with E-state index >= 15 is 0 Å². The molecule has 0 atom stereocenters. The molecule has 88 valence electrons. The van der Waals surface area contributed by atoms with Gasteiger partial charge in [-0.3, -0.25) is 0 Å². The number of nitrogens with two attached hydrogens (primary N) is 1. The lowest BCUT2D eigenvalue weighted by Crippen LogP contribution is -2.23. The second-order valence-electron chi connectivity index (χ2n) is 4.02. The van der Waals surface area contributed by atoms with Crippen molar-refractivity contribution in [3.8, 4) is 0 Å². The van der Waals surface area contributed by atoms with E-state index in [0.717, 1.165) is 42.8 Å². The average molecular weight is 286 g/mol. The van der Waals surface area contributed by atoms with Gasteiger partial charge in [0.25, 0.3) is 0 Å². The van der Waals surface area contributed by atoms with Crippen molar-refractivity contribution < 1.29 is 4.74 Å². The SMILES string of the molecule is Nc1ncc(Br)cc1NCC1CCOCC1. The van der Waals surface area contributed by atoms with Crippen LogP contribution in [0.2, 0.25) is 0 Å². The van der Waals surface area contributed by atoms with Gasteiger partial charge in [0.1, 0.15) is 5.82 Å². The normalized spacial score (nSPS) is 17.3. The fourth-order valence-corrected chi connectivity index (χ4v) is 2.13. The molecule has 2 heterocycles. The first-order valence-electron chi connectivity index (χ1n) is 5.48. The molecule has 0 radical (unpaired) electrons. The van der Waals surface area contributed by atoms with E-state index in [-0.39, 0.29) is 0 Å². The van der Waals surface area contributed by atoms with E-state index in [1.54, 1.807) is 6.20 Å². The van der Waals surface area contributed by atoms with Crippen molar-refractivity contribution in [1.29, 1.82) is 0 Å². The predicted molar refractivity (Wildman–Crippen MR) is 68.4 cm³/mol.